The molecule has 2 saturated carbocycles. The highest BCUT2D eigenvalue weighted by Gasteiger charge is 2.50. The predicted octanol–water partition coefficient (Wildman–Crippen LogP) is 2.45. The van der Waals surface area contributed by atoms with Gasteiger partial charge in [-0.2, -0.15) is 0 Å². The third kappa shape index (κ3) is 1.56. The van der Waals surface area contributed by atoms with Crippen LogP contribution in [0.15, 0.2) is 18.5 Å². The van der Waals surface area contributed by atoms with Crippen LogP contribution in [0.3, 0.4) is 0 Å². The van der Waals surface area contributed by atoms with Crippen molar-refractivity contribution in [2.75, 3.05) is 5.73 Å². The van der Waals surface area contributed by atoms with Gasteiger partial charge in [0, 0.05) is 23.6 Å². The summed E-state index contributed by atoms with van der Waals surface area (Å²) in [6.45, 7) is 0. The molecule has 3 heteroatoms. The lowest BCUT2D eigenvalue weighted by atomic mass is 9.59. The van der Waals surface area contributed by atoms with E-state index in [2.05, 4.69) is 4.98 Å². The molecule has 2 aliphatic carbocycles. The van der Waals surface area contributed by atoms with Crippen LogP contribution in [0.2, 0.25) is 0 Å². The topological polar surface area (TPSA) is 59.1 Å². The Morgan fingerprint density at radius 1 is 1.18 bits per heavy atom. The van der Waals surface area contributed by atoms with Crippen LogP contribution < -0.4 is 5.73 Å². The zero-order valence-corrected chi connectivity index (χ0v) is 10.1. The molecule has 0 atom stereocenters. The van der Waals surface area contributed by atoms with E-state index in [4.69, 9.17) is 5.73 Å². The Labute approximate surface area is 102 Å². The van der Waals surface area contributed by atoms with Gasteiger partial charge in [0.1, 0.15) is 0 Å². The van der Waals surface area contributed by atoms with E-state index >= 15 is 0 Å². The standard InChI is InChI=1S/C14H20N2O/c15-13-7-8-16-9-12(13)14(17,10-3-1-4-10)11-5-2-6-11/h7-11,17H,1-6H2,(H2,15,16). The third-order valence-electron chi connectivity index (χ3n) is 4.74. The van der Waals surface area contributed by atoms with Gasteiger partial charge in [0.25, 0.3) is 0 Å². The fourth-order valence-corrected chi connectivity index (χ4v) is 3.21. The molecule has 0 unspecified atom stereocenters. The van der Waals surface area contributed by atoms with Crippen molar-refractivity contribution >= 4 is 5.69 Å². The number of anilines is 1. The fourth-order valence-electron chi connectivity index (χ4n) is 3.21. The minimum Gasteiger partial charge on any atom is -0.398 e. The number of nitrogens with zero attached hydrogens (tertiary/aromatic N) is 1. The van der Waals surface area contributed by atoms with Gasteiger partial charge in [-0.05, 0) is 43.6 Å². The Morgan fingerprint density at radius 3 is 2.18 bits per heavy atom. The van der Waals surface area contributed by atoms with Gasteiger partial charge in [-0.25, -0.2) is 0 Å². The van der Waals surface area contributed by atoms with E-state index in [1.807, 2.05) is 0 Å². The molecule has 17 heavy (non-hydrogen) atoms. The number of aromatic nitrogens is 1. The fraction of sp³-hybridized carbons (Fsp3) is 0.643. The minimum absolute atomic E-state index is 0.388. The monoisotopic (exact) mass is 232 g/mol. The Morgan fingerprint density at radius 2 is 1.76 bits per heavy atom. The molecule has 2 fully saturated rings. The van der Waals surface area contributed by atoms with Gasteiger partial charge in [0.2, 0.25) is 0 Å². The van der Waals surface area contributed by atoms with Gasteiger partial charge >= 0.3 is 0 Å². The molecule has 0 saturated heterocycles. The average molecular weight is 232 g/mol. The number of nitrogens with two attached hydrogens (primary N) is 1. The number of rotatable bonds is 3. The smallest absolute Gasteiger partial charge is 0.0987 e. The number of hydrogen-bond donors (Lipinski definition) is 2. The lowest BCUT2D eigenvalue weighted by Gasteiger charge is -2.50. The van der Waals surface area contributed by atoms with E-state index in [1.165, 1.54) is 12.8 Å². The van der Waals surface area contributed by atoms with E-state index in [1.54, 1.807) is 18.5 Å². The number of hydrogen-bond acceptors (Lipinski definition) is 3. The van der Waals surface area contributed by atoms with Gasteiger partial charge in [-0.1, -0.05) is 12.8 Å². The normalized spacial score (nSPS) is 21.9. The van der Waals surface area contributed by atoms with E-state index in [0.29, 0.717) is 17.5 Å². The first-order valence-electron chi connectivity index (χ1n) is 6.65. The molecule has 3 N–H and O–H groups in total. The Bertz CT molecular complexity index is 396. The summed E-state index contributed by atoms with van der Waals surface area (Å²) in [5.41, 5.74) is 6.89. The van der Waals surface area contributed by atoms with Crippen molar-refractivity contribution < 1.29 is 5.11 Å². The number of aliphatic hydroxyl groups is 1. The first-order chi connectivity index (χ1) is 8.23. The van der Waals surface area contributed by atoms with Crippen molar-refractivity contribution in [3.8, 4) is 0 Å². The molecule has 1 aromatic heterocycles. The average Bonchev–Trinajstić information content (AvgIpc) is 2.11. The summed E-state index contributed by atoms with van der Waals surface area (Å²) >= 11 is 0. The van der Waals surface area contributed by atoms with Crippen LogP contribution in [0.4, 0.5) is 5.69 Å². The Balaban J connectivity index is 2.00. The van der Waals surface area contributed by atoms with Crippen LogP contribution >= 0.6 is 0 Å². The minimum atomic E-state index is -0.713. The highest BCUT2D eigenvalue weighted by molar-refractivity contribution is 5.48. The first-order valence-corrected chi connectivity index (χ1v) is 6.65. The predicted molar refractivity (Wildman–Crippen MR) is 67.2 cm³/mol. The van der Waals surface area contributed by atoms with Gasteiger partial charge in [0.05, 0.1) is 5.60 Å². The van der Waals surface area contributed by atoms with E-state index in [9.17, 15) is 5.11 Å². The summed E-state index contributed by atoms with van der Waals surface area (Å²) in [6, 6.07) is 1.80. The van der Waals surface area contributed by atoms with E-state index < -0.39 is 5.60 Å². The van der Waals surface area contributed by atoms with Gasteiger partial charge in [-0.15, -0.1) is 0 Å². The summed E-state index contributed by atoms with van der Waals surface area (Å²) in [4.78, 5) is 4.15. The lowest BCUT2D eigenvalue weighted by molar-refractivity contribution is -0.126. The van der Waals surface area contributed by atoms with Crippen molar-refractivity contribution in [3.05, 3.63) is 24.0 Å². The summed E-state index contributed by atoms with van der Waals surface area (Å²) < 4.78 is 0. The molecule has 92 valence electrons. The molecule has 0 spiro atoms. The Hall–Kier alpha value is -1.09. The zero-order chi connectivity index (χ0) is 11.9. The molecule has 3 rings (SSSR count). The maximum Gasteiger partial charge on any atom is 0.0987 e. The molecule has 0 amide bonds. The van der Waals surface area contributed by atoms with Crippen LogP contribution in [0.5, 0.6) is 0 Å². The highest BCUT2D eigenvalue weighted by Crippen LogP contribution is 2.53. The lowest BCUT2D eigenvalue weighted by Crippen LogP contribution is -2.48. The Kier molecular flexibility index (Phi) is 2.58. The molecular weight excluding hydrogens is 212 g/mol. The summed E-state index contributed by atoms with van der Waals surface area (Å²) in [6.07, 6.45) is 10.4. The molecule has 0 bridgehead atoms. The van der Waals surface area contributed by atoms with Crippen LogP contribution in [-0.2, 0) is 5.60 Å². The molecule has 1 aromatic rings. The highest BCUT2D eigenvalue weighted by atomic mass is 16.3. The molecule has 1 heterocycles. The summed E-state index contributed by atoms with van der Waals surface area (Å²) in [5, 5.41) is 11.2. The van der Waals surface area contributed by atoms with Gasteiger partial charge in [0.15, 0.2) is 0 Å². The van der Waals surface area contributed by atoms with Crippen molar-refractivity contribution in [2.24, 2.45) is 11.8 Å². The zero-order valence-electron chi connectivity index (χ0n) is 10.1. The quantitative estimate of drug-likeness (QED) is 0.841. The van der Waals surface area contributed by atoms with Crippen molar-refractivity contribution in [1.29, 1.82) is 0 Å². The second-order valence-electron chi connectivity index (χ2n) is 5.54. The number of pyridine rings is 1. The van der Waals surface area contributed by atoms with Crippen LogP contribution in [0, 0.1) is 11.8 Å². The molecule has 0 aromatic carbocycles. The van der Waals surface area contributed by atoms with Gasteiger partial charge < -0.3 is 10.8 Å². The van der Waals surface area contributed by atoms with Crippen LogP contribution in [0.1, 0.15) is 44.1 Å². The third-order valence-corrected chi connectivity index (χ3v) is 4.74. The molecule has 0 radical (unpaired) electrons. The largest absolute Gasteiger partial charge is 0.398 e. The second kappa shape index (κ2) is 3.98. The molecular formula is C14H20N2O. The molecule has 3 nitrogen and oxygen atoms in total. The maximum absolute atomic E-state index is 11.2. The summed E-state index contributed by atoms with van der Waals surface area (Å²) in [5.74, 6) is 0.776. The van der Waals surface area contributed by atoms with Crippen molar-refractivity contribution in [1.82, 2.24) is 4.98 Å². The van der Waals surface area contributed by atoms with Gasteiger partial charge in [-0.3, -0.25) is 4.98 Å². The van der Waals surface area contributed by atoms with Crippen molar-refractivity contribution in [2.45, 2.75) is 44.1 Å². The first kappa shape index (κ1) is 11.0. The van der Waals surface area contributed by atoms with E-state index in [0.717, 1.165) is 31.2 Å². The van der Waals surface area contributed by atoms with E-state index in [-0.39, 0.29) is 0 Å². The summed E-state index contributed by atoms with van der Waals surface area (Å²) in [7, 11) is 0. The van der Waals surface area contributed by atoms with Crippen LogP contribution in [-0.4, -0.2) is 10.1 Å². The van der Waals surface area contributed by atoms with Crippen LogP contribution in [0.25, 0.3) is 0 Å². The second-order valence-corrected chi connectivity index (χ2v) is 5.54. The SMILES string of the molecule is Nc1ccncc1C(O)(C1CCC1)C1CCC1. The maximum atomic E-state index is 11.2. The molecule has 0 aliphatic heterocycles. The molecule has 2 aliphatic rings. The number of nitrogen functional groups attached to an aromatic ring is 1. The van der Waals surface area contributed by atoms with Crippen molar-refractivity contribution in [3.63, 3.8) is 0 Å².